The Hall–Kier alpha value is -3.48. The number of aromatic nitrogens is 2. The first kappa shape index (κ1) is 19.5. The number of nitrogens with zero attached hydrogens (tertiary/aromatic N) is 1. The van der Waals surface area contributed by atoms with Crippen molar-refractivity contribution in [2.45, 2.75) is 13.1 Å². The van der Waals surface area contributed by atoms with Gasteiger partial charge in [-0.15, -0.1) is 11.3 Å². The van der Waals surface area contributed by atoms with E-state index in [4.69, 9.17) is 5.73 Å². The van der Waals surface area contributed by atoms with E-state index in [0.717, 1.165) is 40.6 Å². The van der Waals surface area contributed by atoms with Crippen molar-refractivity contribution in [2.75, 3.05) is 5.73 Å². The third-order valence-electron chi connectivity index (χ3n) is 5.13. The van der Waals surface area contributed by atoms with Crippen LogP contribution in [0.3, 0.4) is 0 Å². The number of aromatic amines is 1. The van der Waals surface area contributed by atoms with Crippen molar-refractivity contribution in [2.24, 2.45) is 0 Å². The lowest BCUT2D eigenvalue weighted by atomic mass is 10.1. The Kier molecular flexibility index (Phi) is 5.24. The number of thiophene rings is 1. The number of H-pyrrole nitrogens is 1. The summed E-state index contributed by atoms with van der Waals surface area (Å²) in [5.74, 6) is 0.497. The first-order valence-electron chi connectivity index (χ1n) is 10.0. The fourth-order valence-electron chi connectivity index (χ4n) is 3.56. The number of hydrogen-bond acceptors (Lipinski definition) is 4. The lowest BCUT2D eigenvalue weighted by Crippen LogP contribution is -2.12. The van der Waals surface area contributed by atoms with Crippen molar-refractivity contribution in [3.8, 4) is 21.1 Å². The van der Waals surface area contributed by atoms with Crippen LogP contribution in [-0.4, -0.2) is 9.97 Å². The van der Waals surface area contributed by atoms with Crippen LogP contribution in [0, 0.1) is 5.82 Å². The van der Waals surface area contributed by atoms with Crippen LogP contribution in [-0.2, 0) is 13.1 Å². The molecule has 0 amide bonds. The minimum absolute atomic E-state index is 0.267. The number of imidazole rings is 1. The summed E-state index contributed by atoms with van der Waals surface area (Å²) < 4.78 is 13.4. The maximum absolute atomic E-state index is 13.4. The van der Waals surface area contributed by atoms with Crippen molar-refractivity contribution in [3.63, 3.8) is 0 Å². The number of rotatable bonds is 6. The topological polar surface area (TPSA) is 66.7 Å². The second-order valence-corrected chi connectivity index (χ2v) is 8.54. The summed E-state index contributed by atoms with van der Waals surface area (Å²) in [7, 11) is 0. The van der Waals surface area contributed by atoms with E-state index in [-0.39, 0.29) is 5.82 Å². The van der Waals surface area contributed by atoms with Crippen LogP contribution in [0.5, 0.6) is 0 Å². The van der Waals surface area contributed by atoms with Gasteiger partial charge in [0.2, 0.25) is 0 Å². The Morgan fingerprint density at radius 3 is 2.52 bits per heavy atom. The molecule has 0 aliphatic carbocycles. The average Bonchev–Trinajstić information content (AvgIpc) is 3.41. The highest BCUT2D eigenvalue weighted by Gasteiger charge is 2.10. The molecule has 0 saturated heterocycles. The molecule has 5 aromatic rings. The normalized spacial score (nSPS) is 11.3. The number of hydrogen-bond donors (Lipinski definition) is 3. The first-order chi connectivity index (χ1) is 15.1. The fourth-order valence-corrected chi connectivity index (χ4v) is 4.52. The van der Waals surface area contributed by atoms with Gasteiger partial charge < -0.3 is 16.0 Å². The van der Waals surface area contributed by atoms with E-state index in [1.54, 1.807) is 17.4 Å². The molecule has 2 heterocycles. The van der Waals surface area contributed by atoms with Gasteiger partial charge in [0.1, 0.15) is 11.6 Å². The van der Waals surface area contributed by atoms with Crippen LogP contribution in [0.15, 0.2) is 78.9 Å². The number of halogens is 1. The zero-order valence-electron chi connectivity index (χ0n) is 16.7. The standard InChI is InChI=1S/C25H21FN4S/c26-19-8-9-21-22(13-19)30-25(29-21)24-11-10-23(31-24)18-6-4-16(5-7-18)14-28-15-17-2-1-3-20(27)12-17/h1-13,28H,14-15,27H2,(H,29,30). The molecule has 0 spiro atoms. The molecule has 0 unspecified atom stereocenters. The second kappa shape index (κ2) is 8.34. The lowest BCUT2D eigenvalue weighted by molar-refractivity contribution is 0.629. The number of benzene rings is 3. The lowest BCUT2D eigenvalue weighted by Gasteiger charge is -2.07. The molecule has 154 valence electrons. The second-order valence-electron chi connectivity index (χ2n) is 7.46. The molecule has 0 bridgehead atoms. The van der Waals surface area contributed by atoms with E-state index in [1.165, 1.54) is 28.1 Å². The first-order valence-corrected chi connectivity index (χ1v) is 10.9. The van der Waals surface area contributed by atoms with E-state index in [0.29, 0.717) is 5.52 Å². The molecule has 0 aliphatic rings. The highest BCUT2D eigenvalue weighted by Crippen LogP contribution is 2.34. The molecule has 3 aromatic carbocycles. The summed E-state index contributed by atoms with van der Waals surface area (Å²) >= 11 is 1.67. The Morgan fingerprint density at radius 2 is 1.68 bits per heavy atom. The molecule has 0 aliphatic heterocycles. The Morgan fingerprint density at radius 1 is 0.871 bits per heavy atom. The fraction of sp³-hybridized carbons (Fsp3) is 0.0800. The summed E-state index contributed by atoms with van der Waals surface area (Å²) in [4.78, 5) is 9.99. The predicted molar refractivity (Wildman–Crippen MR) is 126 cm³/mol. The molecule has 4 N–H and O–H groups in total. The zero-order chi connectivity index (χ0) is 21.2. The highest BCUT2D eigenvalue weighted by molar-refractivity contribution is 7.18. The molecular weight excluding hydrogens is 407 g/mol. The van der Waals surface area contributed by atoms with E-state index in [2.05, 4.69) is 57.7 Å². The van der Waals surface area contributed by atoms with Gasteiger partial charge >= 0.3 is 0 Å². The average molecular weight is 429 g/mol. The van der Waals surface area contributed by atoms with Gasteiger partial charge in [-0.25, -0.2) is 9.37 Å². The summed E-state index contributed by atoms with van der Waals surface area (Å²) in [6, 6.07) is 25.2. The van der Waals surface area contributed by atoms with Gasteiger partial charge in [0.25, 0.3) is 0 Å². The Balaban J connectivity index is 1.26. The van der Waals surface area contributed by atoms with Crippen LogP contribution < -0.4 is 11.1 Å². The molecular formula is C25H21FN4S. The van der Waals surface area contributed by atoms with Crippen molar-refractivity contribution >= 4 is 28.1 Å². The molecule has 6 heteroatoms. The largest absolute Gasteiger partial charge is 0.399 e. The smallest absolute Gasteiger partial charge is 0.148 e. The molecule has 2 aromatic heterocycles. The van der Waals surface area contributed by atoms with E-state index in [1.807, 2.05) is 18.2 Å². The van der Waals surface area contributed by atoms with Gasteiger partial charge in [-0.2, -0.15) is 0 Å². The number of nitrogen functional groups attached to an aromatic ring is 1. The predicted octanol–water partition coefficient (Wildman–Crippen LogP) is 5.97. The molecule has 0 fully saturated rings. The minimum Gasteiger partial charge on any atom is -0.399 e. The zero-order valence-corrected chi connectivity index (χ0v) is 17.5. The van der Waals surface area contributed by atoms with Gasteiger partial charge in [0.05, 0.1) is 15.9 Å². The number of fused-ring (bicyclic) bond motifs is 1. The monoisotopic (exact) mass is 428 g/mol. The molecule has 31 heavy (non-hydrogen) atoms. The third-order valence-corrected chi connectivity index (χ3v) is 6.27. The minimum atomic E-state index is -0.267. The maximum atomic E-state index is 13.4. The summed E-state index contributed by atoms with van der Waals surface area (Å²) in [5, 5.41) is 3.45. The van der Waals surface area contributed by atoms with E-state index in [9.17, 15) is 4.39 Å². The van der Waals surface area contributed by atoms with Crippen LogP contribution in [0.1, 0.15) is 11.1 Å². The summed E-state index contributed by atoms with van der Waals surface area (Å²) in [6.07, 6.45) is 0. The van der Waals surface area contributed by atoms with Crippen LogP contribution in [0.4, 0.5) is 10.1 Å². The quantitative estimate of drug-likeness (QED) is 0.292. The summed E-state index contributed by atoms with van der Waals surface area (Å²) in [5.41, 5.74) is 11.7. The molecule has 5 rings (SSSR count). The third kappa shape index (κ3) is 4.35. The van der Waals surface area contributed by atoms with Gasteiger partial charge in [-0.3, -0.25) is 0 Å². The van der Waals surface area contributed by atoms with Crippen molar-refractivity contribution in [1.82, 2.24) is 15.3 Å². The van der Waals surface area contributed by atoms with Crippen molar-refractivity contribution in [3.05, 3.63) is 95.8 Å². The Bertz CT molecular complexity index is 1340. The van der Waals surface area contributed by atoms with Gasteiger partial charge in [-0.05, 0) is 59.2 Å². The van der Waals surface area contributed by atoms with Crippen molar-refractivity contribution < 1.29 is 4.39 Å². The molecule has 4 nitrogen and oxygen atoms in total. The highest BCUT2D eigenvalue weighted by atomic mass is 32.1. The van der Waals surface area contributed by atoms with Gasteiger partial charge in [-0.1, -0.05) is 36.4 Å². The van der Waals surface area contributed by atoms with E-state index >= 15 is 0 Å². The number of nitrogens with two attached hydrogens (primary N) is 1. The van der Waals surface area contributed by atoms with E-state index < -0.39 is 0 Å². The van der Waals surface area contributed by atoms with Crippen LogP contribution in [0.2, 0.25) is 0 Å². The molecule has 0 atom stereocenters. The molecule has 0 radical (unpaired) electrons. The van der Waals surface area contributed by atoms with Crippen molar-refractivity contribution in [1.29, 1.82) is 0 Å². The molecule has 0 saturated carbocycles. The van der Waals surface area contributed by atoms with Crippen LogP contribution >= 0.6 is 11.3 Å². The summed E-state index contributed by atoms with van der Waals surface area (Å²) in [6.45, 7) is 1.57. The van der Waals surface area contributed by atoms with Crippen LogP contribution in [0.25, 0.3) is 32.2 Å². The SMILES string of the molecule is Nc1cccc(CNCc2ccc(-c3ccc(-c4nc5ccc(F)cc5[nH]4)s3)cc2)c1. The number of nitrogens with one attached hydrogen (secondary N) is 2. The van der Waals surface area contributed by atoms with Gasteiger partial charge in [0.15, 0.2) is 0 Å². The Labute approximate surface area is 183 Å². The maximum Gasteiger partial charge on any atom is 0.148 e. The number of anilines is 1. The van der Waals surface area contributed by atoms with Gasteiger partial charge in [0, 0.05) is 23.7 Å².